The van der Waals surface area contributed by atoms with E-state index < -0.39 is 30.0 Å². The molecule has 0 radical (unpaired) electrons. The van der Waals surface area contributed by atoms with E-state index in [1.165, 1.54) is 6.92 Å². The van der Waals surface area contributed by atoms with Gasteiger partial charge in [-0.2, -0.15) is 0 Å². The van der Waals surface area contributed by atoms with Gasteiger partial charge in [0.1, 0.15) is 11.8 Å². The summed E-state index contributed by atoms with van der Waals surface area (Å²) < 4.78 is 5.59. The number of hydrogen-bond donors (Lipinski definition) is 4. The van der Waals surface area contributed by atoms with Gasteiger partial charge in [0.05, 0.1) is 0 Å². The van der Waals surface area contributed by atoms with Gasteiger partial charge in [-0.3, -0.25) is 20.4 Å². The molecule has 2 unspecified atom stereocenters. The van der Waals surface area contributed by atoms with Crippen molar-refractivity contribution >= 4 is 17.8 Å². The highest BCUT2D eigenvalue weighted by Gasteiger charge is 2.19. The second kappa shape index (κ2) is 8.02. The van der Waals surface area contributed by atoms with Crippen LogP contribution in [-0.2, 0) is 9.59 Å². The molecule has 2 atom stereocenters. The van der Waals surface area contributed by atoms with E-state index in [1.54, 1.807) is 13.0 Å². The molecule has 1 aromatic rings. The van der Waals surface area contributed by atoms with Crippen LogP contribution in [0.4, 0.5) is 4.79 Å². The highest BCUT2D eigenvalue weighted by molar-refractivity contribution is 5.89. The zero-order valence-electron chi connectivity index (χ0n) is 13.6. The lowest BCUT2D eigenvalue weighted by Gasteiger charge is -2.18. The lowest BCUT2D eigenvalue weighted by molar-refractivity contribution is -0.133. The zero-order valence-corrected chi connectivity index (χ0v) is 13.6. The van der Waals surface area contributed by atoms with Gasteiger partial charge in [0.15, 0.2) is 6.10 Å². The second-order valence-electron chi connectivity index (χ2n) is 5.17. The molecule has 0 spiro atoms. The molecule has 23 heavy (non-hydrogen) atoms. The largest absolute Gasteiger partial charge is 0.481 e. The van der Waals surface area contributed by atoms with Crippen molar-refractivity contribution in [2.75, 3.05) is 0 Å². The molecule has 4 amide bonds. The van der Waals surface area contributed by atoms with E-state index >= 15 is 0 Å². The molecule has 0 aliphatic heterocycles. The van der Waals surface area contributed by atoms with E-state index in [0.717, 1.165) is 11.1 Å². The summed E-state index contributed by atoms with van der Waals surface area (Å²) in [6.07, 6.45) is -0.810. The molecule has 0 fully saturated rings. The Kier molecular flexibility index (Phi) is 6.37. The number of carbonyl (C=O) groups excluding carboxylic acids is 3. The van der Waals surface area contributed by atoms with Gasteiger partial charge in [0.25, 0.3) is 11.8 Å². The molecule has 0 aliphatic carbocycles. The summed E-state index contributed by atoms with van der Waals surface area (Å²) in [7, 11) is 0. The quantitative estimate of drug-likeness (QED) is 0.581. The number of benzene rings is 1. The van der Waals surface area contributed by atoms with E-state index in [9.17, 15) is 14.4 Å². The number of amides is 4. The third kappa shape index (κ3) is 5.50. The molecule has 5 N–H and O–H groups in total. The molecule has 8 nitrogen and oxygen atoms in total. The molecule has 0 heterocycles. The Labute approximate surface area is 134 Å². The summed E-state index contributed by atoms with van der Waals surface area (Å²) in [4.78, 5) is 34.2. The Bertz CT molecular complexity index is 603. The van der Waals surface area contributed by atoms with Crippen LogP contribution in [0.25, 0.3) is 0 Å². The number of nitrogens with two attached hydrogens (primary N) is 1. The van der Waals surface area contributed by atoms with Gasteiger partial charge in [0.2, 0.25) is 0 Å². The standard InChI is InChI=1S/C15H22N4O4/c1-8-6-5-7-12(9(8)2)23-11(4)14(21)19-18-13(20)10(3)17-15(16)22/h5-7,10-11H,1-4H3,(H,18,20)(H,19,21)(H3,16,17,22). The molecule has 0 saturated carbocycles. The fourth-order valence-corrected chi connectivity index (χ4v) is 1.71. The van der Waals surface area contributed by atoms with Crippen molar-refractivity contribution < 1.29 is 19.1 Å². The maximum atomic E-state index is 11.9. The summed E-state index contributed by atoms with van der Waals surface area (Å²) in [6, 6.07) is 3.85. The van der Waals surface area contributed by atoms with Crippen LogP contribution in [0.5, 0.6) is 5.75 Å². The predicted octanol–water partition coefficient (Wildman–Crippen LogP) is 0.275. The van der Waals surface area contributed by atoms with E-state index in [-0.39, 0.29) is 0 Å². The Morgan fingerprint density at radius 2 is 1.70 bits per heavy atom. The lowest BCUT2D eigenvalue weighted by Crippen LogP contribution is -2.54. The number of hydrogen-bond acceptors (Lipinski definition) is 4. The van der Waals surface area contributed by atoms with Crippen molar-refractivity contribution in [1.82, 2.24) is 16.2 Å². The molecule has 1 rings (SSSR count). The smallest absolute Gasteiger partial charge is 0.312 e. The SMILES string of the molecule is Cc1cccc(OC(C)C(=O)NNC(=O)C(C)NC(N)=O)c1C. The Balaban J connectivity index is 2.53. The number of nitrogens with one attached hydrogen (secondary N) is 3. The highest BCUT2D eigenvalue weighted by Crippen LogP contribution is 2.21. The predicted molar refractivity (Wildman–Crippen MR) is 84.5 cm³/mol. The van der Waals surface area contributed by atoms with Crippen molar-refractivity contribution in [3.63, 3.8) is 0 Å². The molecular weight excluding hydrogens is 300 g/mol. The fourth-order valence-electron chi connectivity index (χ4n) is 1.71. The highest BCUT2D eigenvalue weighted by atomic mass is 16.5. The van der Waals surface area contributed by atoms with Crippen LogP contribution in [0, 0.1) is 13.8 Å². The van der Waals surface area contributed by atoms with Gasteiger partial charge < -0.3 is 15.8 Å². The summed E-state index contributed by atoms with van der Waals surface area (Å²) in [6.45, 7) is 6.84. The minimum Gasteiger partial charge on any atom is -0.481 e. The molecular formula is C15H22N4O4. The van der Waals surface area contributed by atoms with Crippen LogP contribution < -0.4 is 26.6 Å². The summed E-state index contributed by atoms with van der Waals surface area (Å²) in [5.74, 6) is -0.524. The number of primary amides is 1. The average molecular weight is 322 g/mol. The minimum absolute atomic E-state index is 0.523. The first-order chi connectivity index (χ1) is 10.7. The Morgan fingerprint density at radius 1 is 1.09 bits per heavy atom. The van der Waals surface area contributed by atoms with E-state index in [0.29, 0.717) is 5.75 Å². The van der Waals surface area contributed by atoms with Gasteiger partial charge in [-0.25, -0.2) is 4.79 Å². The number of rotatable bonds is 5. The molecule has 8 heteroatoms. The number of ether oxygens (including phenoxy) is 1. The summed E-state index contributed by atoms with van der Waals surface area (Å²) in [5.41, 5.74) is 11.3. The zero-order chi connectivity index (χ0) is 17.6. The van der Waals surface area contributed by atoms with Crippen LogP contribution in [0.3, 0.4) is 0 Å². The molecule has 126 valence electrons. The molecule has 0 aromatic heterocycles. The average Bonchev–Trinajstić information content (AvgIpc) is 2.48. The van der Waals surface area contributed by atoms with Crippen molar-refractivity contribution in [2.24, 2.45) is 5.73 Å². The van der Waals surface area contributed by atoms with Crippen LogP contribution in [0.2, 0.25) is 0 Å². The van der Waals surface area contributed by atoms with Gasteiger partial charge in [-0.15, -0.1) is 0 Å². The number of urea groups is 1. The normalized spacial score (nSPS) is 12.7. The molecule has 0 aliphatic rings. The first-order valence-corrected chi connectivity index (χ1v) is 7.11. The van der Waals surface area contributed by atoms with Crippen LogP contribution in [-0.4, -0.2) is 30.0 Å². The molecule has 1 aromatic carbocycles. The first kappa shape index (κ1) is 18.3. The number of hydrazine groups is 1. The van der Waals surface area contributed by atoms with Crippen LogP contribution in [0.15, 0.2) is 18.2 Å². The maximum Gasteiger partial charge on any atom is 0.312 e. The second-order valence-corrected chi connectivity index (χ2v) is 5.17. The summed E-state index contributed by atoms with van der Waals surface area (Å²) in [5, 5.41) is 2.19. The van der Waals surface area contributed by atoms with Gasteiger partial charge in [-0.1, -0.05) is 12.1 Å². The van der Waals surface area contributed by atoms with Gasteiger partial charge in [-0.05, 0) is 44.9 Å². The maximum absolute atomic E-state index is 11.9. The Hall–Kier alpha value is -2.77. The monoisotopic (exact) mass is 322 g/mol. The first-order valence-electron chi connectivity index (χ1n) is 7.11. The third-order valence-electron chi connectivity index (χ3n) is 3.29. The fraction of sp³-hybridized carbons (Fsp3) is 0.400. The van der Waals surface area contributed by atoms with E-state index in [4.69, 9.17) is 10.5 Å². The lowest BCUT2D eigenvalue weighted by atomic mass is 10.1. The van der Waals surface area contributed by atoms with E-state index in [2.05, 4.69) is 16.2 Å². The third-order valence-corrected chi connectivity index (χ3v) is 3.29. The van der Waals surface area contributed by atoms with Crippen molar-refractivity contribution in [1.29, 1.82) is 0 Å². The van der Waals surface area contributed by atoms with E-state index in [1.807, 2.05) is 26.0 Å². The minimum atomic E-state index is -0.872. The Morgan fingerprint density at radius 3 is 2.30 bits per heavy atom. The molecule has 0 saturated heterocycles. The number of aryl methyl sites for hydroxylation is 1. The topological polar surface area (TPSA) is 123 Å². The molecule has 0 bridgehead atoms. The van der Waals surface area contributed by atoms with Crippen molar-refractivity contribution in [3.05, 3.63) is 29.3 Å². The summed E-state index contributed by atoms with van der Waals surface area (Å²) >= 11 is 0. The van der Waals surface area contributed by atoms with Crippen molar-refractivity contribution in [2.45, 2.75) is 39.8 Å². The van der Waals surface area contributed by atoms with Crippen LogP contribution >= 0.6 is 0 Å². The van der Waals surface area contributed by atoms with Gasteiger partial charge in [0, 0.05) is 0 Å². The number of carbonyl (C=O) groups is 3. The van der Waals surface area contributed by atoms with Crippen molar-refractivity contribution in [3.8, 4) is 5.75 Å². The van der Waals surface area contributed by atoms with Crippen LogP contribution in [0.1, 0.15) is 25.0 Å². The van der Waals surface area contributed by atoms with Gasteiger partial charge >= 0.3 is 6.03 Å².